The summed E-state index contributed by atoms with van der Waals surface area (Å²) in [5.41, 5.74) is 9.26. The first-order valence-electron chi connectivity index (χ1n) is 6.55. The molecular weight excluding hydrogens is 252 g/mol. The van der Waals surface area contributed by atoms with E-state index in [4.69, 9.17) is 5.73 Å². The minimum absolute atomic E-state index is 0.0637. The summed E-state index contributed by atoms with van der Waals surface area (Å²) in [5, 5.41) is 9.27. The Morgan fingerprint density at radius 3 is 2.70 bits per heavy atom. The molecule has 1 aromatic carbocycles. The molecule has 0 bridgehead atoms. The SMILES string of the molecule is NCc1ccc(-c2nc3ccccc3n2CCO)nc1. The average Bonchev–Trinajstić information content (AvgIpc) is 2.87. The fourth-order valence-electron chi connectivity index (χ4n) is 2.27. The molecule has 0 aliphatic rings. The second kappa shape index (κ2) is 5.40. The van der Waals surface area contributed by atoms with Crippen molar-refractivity contribution in [1.82, 2.24) is 14.5 Å². The van der Waals surface area contributed by atoms with Crippen LogP contribution in [0.5, 0.6) is 0 Å². The van der Waals surface area contributed by atoms with Gasteiger partial charge in [0.15, 0.2) is 5.82 Å². The lowest BCUT2D eigenvalue weighted by atomic mass is 10.2. The Balaban J connectivity index is 2.15. The zero-order valence-electron chi connectivity index (χ0n) is 11.0. The maximum atomic E-state index is 9.27. The van der Waals surface area contributed by atoms with Crippen LogP contribution in [0.1, 0.15) is 5.56 Å². The van der Waals surface area contributed by atoms with Gasteiger partial charge in [-0.1, -0.05) is 18.2 Å². The molecular formula is C15H16N4O. The van der Waals surface area contributed by atoms with Gasteiger partial charge in [-0.25, -0.2) is 4.98 Å². The molecule has 0 unspecified atom stereocenters. The smallest absolute Gasteiger partial charge is 0.159 e. The maximum Gasteiger partial charge on any atom is 0.159 e. The molecule has 0 atom stereocenters. The van der Waals surface area contributed by atoms with Crippen LogP contribution >= 0.6 is 0 Å². The molecule has 5 heteroatoms. The van der Waals surface area contributed by atoms with E-state index < -0.39 is 0 Å². The van der Waals surface area contributed by atoms with Crippen molar-refractivity contribution in [3.8, 4) is 11.5 Å². The molecule has 3 N–H and O–H groups in total. The number of aromatic nitrogens is 3. The Morgan fingerprint density at radius 1 is 1.15 bits per heavy atom. The molecule has 0 radical (unpaired) electrons. The standard InChI is InChI=1S/C15H16N4O/c16-9-11-5-6-13(17-10-11)15-18-12-3-1-2-4-14(12)19(15)7-8-20/h1-6,10,20H,7-9,16H2. The molecule has 0 spiro atoms. The van der Waals surface area contributed by atoms with Gasteiger partial charge in [0.05, 0.1) is 17.6 Å². The number of hydrogen-bond donors (Lipinski definition) is 2. The first kappa shape index (κ1) is 12.8. The maximum absolute atomic E-state index is 9.27. The summed E-state index contributed by atoms with van der Waals surface area (Å²) in [4.78, 5) is 9.03. The van der Waals surface area contributed by atoms with Crippen LogP contribution in [0.2, 0.25) is 0 Å². The lowest BCUT2D eigenvalue weighted by Crippen LogP contribution is -2.05. The quantitative estimate of drug-likeness (QED) is 0.752. The average molecular weight is 268 g/mol. The van der Waals surface area contributed by atoms with Crippen LogP contribution in [0.25, 0.3) is 22.6 Å². The second-order valence-electron chi connectivity index (χ2n) is 4.56. The molecule has 3 rings (SSSR count). The zero-order chi connectivity index (χ0) is 13.9. The number of nitrogens with two attached hydrogens (primary N) is 1. The normalized spacial score (nSPS) is 11.1. The van der Waals surface area contributed by atoms with Crippen molar-refractivity contribution in [2.45, 2.75) is 13.1 Å². The Labute approximate surface area is 116 Å². The van der Waals surface area contributed by atoms with E-state index in [1.807, 2.05) is 41.0 Å². The van der Waals surface area contributed by atoms with Crippen molar-refractivity contribution < 1.29 is 5.11 Å². The van der Waals surface area contributed by atoms with Gasteiger partial charge in [0, 0.05) is 19.3 Å². The molecule has 102 valence electrons. The van der Waals surface area contributed by atoms with Gasteiger partial charge in [0.25, 0.3) is 0 Å². The Morgan fingerprint density at radius 2 is 2.00 bits per heavy atom. The van der Waals surface area contributed by atoms with Crippen LogP contribution in [0.4, 0.5) is 0 Å². The summed E-state index contributed by atoms with van der Waals surface area (Å²) in [7, 11) is 0. The number of benzene rings is 1. The minimum Gasteiger partial charge on any atom is -0.395 e. The molecule has 0 saturated heterocycles. The molecule has 2 aromatic heterocycles. The molecule has 0 amide bonds. The number of rotatable bonds is 4. The summed E-state index contributed by atoms with van der Waals surface area (Å²) in [6.45, 7) is 1.03. The molecule has 0 saturated carbocycles. The largest absolute Gasteiger partial charge is 0.395 e. The topological polar surface area (TPSA) is 77.0 Å². The molecule has 0 aliphatic carbocycles. The highest BCUT2D eigenvalue weighted by Gasteiger charge is 2.12. The van der Waals surface area contributed by atoms with E-state index in [-0.39, 0.29) is 6.61 Å². The highest BCUT2D eigenvalue weighted by atomic mass is 16.3. The number of imidazole rings is 1. The van der Waals surface area contributed by atoms with Crippen LogP contribution in [0.15, 0.2) is 42.6 Å². The third kappa shape index (κ3) is 2.17. The van der Waals surface area contributed by atoms with E-state index in [1.165, 1.54) is 0 Å². The van der Waals surface area contributed by atoms with Crippen LogP contribution in [-0.2, 0) is 13.1 Å². The summed E-state index contributed by atoms with van der Waals surface area (Å²) >= 11 is 0. The van der Waals surface area contributed by atoms with Crippen molar-refractivity contribution in [1.29, 1.82) is 0 Å². The lowest BCUT2D eigenvalue weighted by Gasteiger charge is -2.07. The van der Waals surface area contributed by atoms with E-state index in [0.717, 1.165) is 28.1 Å². The summed E-state index contributed by atoms with van der Waals surface area (Å²) < 4.78 is 1.99. The Kier molecular flexibility index (Phi) is 3.45. The molecule has 2 heterocycles. The number of pyridine rings is 1. The molecule has 5 nitrogen and oxygen atoms in total. The zero-order valence-corrected chi connectivity index (χ0v) is 11.0. The van der Waals surface area contributed by atoms with Crippen molar-refractivity contribution in [3.05, 3.63) is 48.2 Å². The number of para-hydroxylation sites is 2. The van der Waals surface area contributed by atoms with Crippen LogP contribution < -0.4 is 5.73 Å². The molecule has 20 heavy (non-hydrogen) atoms. The van der Waals surface area contributed by atoms with E-state index >= 15 is 0 Å². The van der Waals surface area contributed by atoms with Crippen molar-refractivity contribution in [2.24, 2.45) is 5.73 Å². The minimum atomic E-state index is 0.0637. The van der Waals surface area contributed by atoms with Crippen LogP contribution in [0, 0.1) is 0 Å². The van der Waals surface area contributed by atoms with Gasteiger partial charge < -0.3 is 15.4 Å². The van der Waals surface area contributed by atoms with Gasteiger partial charge in [0.1, 0.15) is 5.69 Å². The summed E-state index contributed by atoms with van der Waals surface area (Å²) in [5.74, 6) is 0.767. The summed E-state index contributed by atoms with van der Waals surface area (Å²) in [6.07, 6.45) is 1.76. The van der Waals surface area contributed by atoms with Gasteiger partial charge >= 0.3 is 0 Å². The van der Waals surface area contributed by atoms with Gasteiger partial charge in [-0.05, 0) is 23.8 Å². The molecule has 0 fully saturated rings. The van der Waals surface area contributed by atoms with E-state index in [0.29, 0.717) is 13.1 Å². The highest BCUT2D eigenvalue weighted by molar-refractivity contribution is 5.79. The number of aliphatic hydroxyl groups is 1. The third-order valence-electron chi connectivity index (χ3n) is 3.27. The molecule has 3 aromatic rings. The number of aliphatic hydroxyl groups excluding tert-OH is 1. The number of nitrogens with zero attached hydrogens (tertiary/aromatic N) is 3. The predicted octanol–water partition coefficient (Wildman–Crippen LogP) is 1.55. The Bertz CT molecular complexity index is 718. The number of hydrogen-bond acceptors (Lipinski definition) is 4. The fourth-order valence-corrected chi connectivity index (χ4v) is 2.27. The van der Waals surface area contributed by atoms with Gasteiger partial charge in [-0.2, -0.15) is 0 Å². The Hall–Kier alpha value is -2.24. The van der Waals surface area contributed by atoms with E-state index in [1.54, 1.807) is 6.20 Å². The third-order valence-corrected chi connectivity index (χ3v) is 3.27. The predicted molar refractivity (Wildman–Crippen MR) is 77.9 cm³/mol. The second-order valence-corrected chi connectivity index (χ2v) is 4.56. The van der Waals surface area contributed by atoms with Crippen LogP contribution in [-0.4, -0.2) is 26.2 Å². The van der Waals surface area contributed by atoms with Crippen molar-refractivity contribution in [3.63, 3.8) is 0 Å². The monoisotopic (exact) mass is 268 g/mol. The lowest BCUT2D eigenvalue weighted by molar-refractivity contribution is 0.278. The van der Waals surface area contributed by atoms with Gasteiger partial charge in [0.2, 0.25) is 0 Å². The summed E-state index contributed by atoms with van der Waals surface area (Å²) in [6, 6.07) is 11.7. The van der Waals surface area contributed by atoms with Crippen molar-refractivity contribution in [2.75, 3.05) is 6.61 Å². The highest BCUT2D eigenvalue weighted by Crippen LogP contribution is 2.23. The van der Waals surface area contributed by atoms with E-state index in [2.05, 4.69) is 9.97 Å². The number of fused-ring (bicyclic) bond motifs is 1. The first-order valence-corrected chi connectivity index (χ1v) is 6.55. The van der Waals surface area contributed by atoms with Crippen LogP contribution in [0.3, 0.4) is 0 Å². The van der Waals surface area contributed by atoms with E-state index in [9.17, 15) is 5.11 Å². The molecule has 0 aliphatic heterocycles. The fraction of sp³-hybridized carbons (Fsp3) is 0.200. The van der Waals surface area contributed by atoms with Crippen molar-refractivity contribution >= 4 is 11.0 Å². The van der Waals surface area contributed by atoms with Gasteiger partial charge in [-0.3, -0.25) is 4.98 Å². The first-order chi connectivity index (χ1) is 9.83. The van der Waals surface area contributed by atoms with Gasteiger partial charge in [-0.15, -0.1) is 0 Å².